The minimum Gasteiger partial charge on any atom is -0.495 e. The number of carboxylic acid groups (broad SMARTS) is 1. The van der Waals surface area contributed by atoms with Crippen LogP contribution in [0.15, 0.2) is 22.5 Å². The van der Waals surface area contributed by atoms with Gasteiger partial charge in [-0.25, -0.2) is 4.98 Å². The topological polar surface area (TPSA) is 59.4 Å². The van der Waals surface area contributed by atoms with Crippen LogP contribution in [0.4, 0.5) is 0 Å². The molecule has 0 amide bonds. The molecule has 2 rings (SSSR count). The van der Waals surface area contributed by atoms with Crippen LogP contribution < -0.4 is 4.74 Å². The normalized spacial score (nSPS) is 10.6. The van der Waals surface area contributed by atoms with E-state index in [-0.39, 0.29) is 5.75 Å². The molecule has 0 aliphatic rings. The van der Waals surface area contributed by atoms with Crippen LogP contribution in [0.25, 0.3) is 10.2 Å². The molecule has 1 aromatic carbocycles. The highest BCUT2D eigenvalue weighted by Gasteiger charge is 2.09. The molecule has 1 N–H and O–H groups in total. The molecule has 0 atom stereocenters. The molecule has 0 aliphatic heterocycles. The first-order valence-electron chi connectivity index (χ1n) is 4.49. The van der Waals surface area contributed by atoms with Gasteiger partial charge in [-0.15, -0.1) is 11.3 Å². The van der Waals surface area contributed by atoms with Crippen LogP contribution in [0.5, 0.6) is 5.75 Å². The fourth-order valence-electron chi connectivity index (χ4n) is 1.25. The number of rotatable bonds is 4. The number of fused-ring (bicyclic) bond motifs is 1. The van der Waals surface area contributed by atoms with Gasteiger partial charge in [-0.2, -0.15) is 0 Å². The molecule has 0 aliphatic carbocycles. The second-order valence-electron chi connectivity index (χ2n) is 2.97. The molecule has 0 spiro atoms. The van der Waals surface area contributed by atoms with E-state index in [2.05, 4.69) is 4.98 Å². The molecule has 0 saturated heterocycles. The molecule has 0 fully saturated rings. The number of thioether (sulfide) groups is 1. The van der Waals surface area contributed by atoms with Crippen molar-refractivity contribution in [3.05, 3.63) is 18.2 Å². The Balaban J connectivity index is 2.32. The zero-order chi connectivity index (χ0) is 11.5. The fraction of sp³-hybridized carbons (Fsp3) is 0.200. The van der Waals surface area contributed by atoms with Gasteiger partial charge >= 0.3 is 5.97 Å². The standard InChI is InChI=1S/C10H9NO3S2/c1-14-7-4-2-3-6-9(7)16-10(11-6)15-5-8(12)13/h2-4H,5H2,1H3,(H,12,13). The summed E-state index contributed by atoms with van der Waals surface area (Å²) >= 11 is 2.68. The lowest BCUT2D eigenvalue weighted by molar-refractivity contribution is -0.133. The number of thiazole rings is 1. The highest BCUT2D eigenvalue weighted by Crippen LogP contribution is 2.35. The number of hydrogen-bond donors (Lipinski definition) is 1. The van der Waals surface area contributed by atoms with E-state index in [4.69, 9.17) is 9.84 Å². The van der Waals surface area contributed by atoms with Gasteiger partial charge in [0.25, 0.3) is 0 Å². The number of hydrogen-bond acceptors (Lipinski definition) is 5. The van der Waals surface area contributed by atoms with E-state index in [0.717, 1.165) is 20.3 Å². The van der Waals surface area contributed by atoms with Crippen LogP contribution in [-0.4, -0.2) is 28.9 Å². The van der Waals surface area contributed by atoms with E-state index in [1.165, 1.54) is 23.1 Å². The molecule has 6 heteroatoms. The van der Waals surface area contributed by atoms with Gasteiger partial charge < -0.3 is 9.84 Å². The van der Waals surface area contributed by atoms with Crippen molar-refractivity contribution < 1.29 is 14.6 Å². The lowest BCUT2D eigenvalue weighted by atomic mass is 10.3. The molecule has 0 radical (unpaired) electrons. The van der Waals surface area contributed by atoms with Crippen molar-refractivity contribution in [2.45, 2.75) is 4.34 Å². The van der Waals surface area contributed by atoms with Gasteiger partial charge in [0.2, 0.25) is 0 Å². The van der Waals surface area contributed by atoms with Crippen molar-refractivity contribution in [2.75, 3.05) is 12.9 Å². The Morgan fingerprint density at radius 3 is 3.12 bits per heavy atom. The van der Waals surface area contributed by atoms with Gasteiger partial charge in [0.1, 0.15) is 5.75 Å². The molecule has 1 aromatic heterocycles. The third-order valence-corrected chi connectivity index (χ3v) is 4.11. The van der Waals surface area contributed by atoms with Crippen molar-refractivity contribution in [2.24, 2.45) is 0 Å². The second kappa shape index (κ2) is 4.71. The Labute approximate surface area is 100 Å². The summed E-state index contributed by atoms with van der Waals surface area (Å²) in [4.78, 5) is 14.8. The fourth-order valence-corrected chi connectivity index (χ4v) is 3.11. The van der Waals surface area contributed by atoms with Gasteiger partial charge in [-0.3, -0.25) is 4.79 Å². The van der Waals surface area contributed by atoms with E-state index in [1.807, 2.05) is 18.2 Å². The number of ether oxygens (including phenoxy) is 1. The van der Waals surface area contributed by atoms with Crippen LogP contribution in [-0.2, 0) is 4.79 Å². The Kier molecular flexibility index (Phi) is 3.31. The van der Waals surface area contributed by atoms with Crippen molar-refractivity contribution >= 4 is 39.3 Å². The van der Waals surface area contributed by atoms with E-state index in [9.17, 15) is 4.79 Å². The minimum absolute atomic E-state index is 0.0299. The van der Waals surface area contributed by atoms with E-state index in [1.54, 1.807) is 7.11 Å². The van der Waals surface area contributed by atoms with Gasteiger partial charge in [-0.1, -0.05) is 17.8 Å². The first-order valence-corrected chi connectivity index (χ1v) is 6.29. The van der Waals surface area contributed by atoms with Gasteiger partial charge in [-0.05, 0) is 12.1 Å². The predicted octanol–water partition coefficient (Wildman–Crippen LogP) is 2.48. The number of aliphatic carboxylic acids is 1. The third kappa shape index (κ3) is 2.28. The van der Waals surface area contributed by atoms with Gasteiger partial charge in [0.05, 0.1) is 23.1 Å². The van der Waals surface area contributed by atoms with Crippen LogP contribution >= 0.6 is 23.1 Å². The summed E-state index contributed by atoms with van der Waals surface area (Å²) in [6.45, 7) is 0. The summed E-state index contributed by atoms with van der Waals surface area (Å²) in [5.74, 6) is -0.0318. The second-order valence-corrected chi connectivity index (χ2v) is 5.19. The molecule has 0 saturated carbocycles. The Hall–Kier alpha value is -1.27. The molecule has 0 bridgehead atoms. The van der Waals surface area contributed by atoms with Crippen LogP contribution in [0.1, 0.15) is 0 Å². The van der Waals surface area contributed by atoms with Crippen LogP contribution in [0.3, 0.4) is 0 Å². The summed E-state index contributed by atoms with van der Waals surface area (Å²) in [5.41, 5.74) is 0.845. The number of methoxy groups -OCH3 is 1. The predicted molar refractivity (Wildman–Crippen MR) is 64.5 cm³/mol. The molecule has 0 unspecified atom stereocenters. The van der Waals surface area contributed by atoms with Crippen molar-refractivity contribution in [1.82, 2.24) is 4.98 Å². The molecule has 2 aromatic rings. The maximum atomic E-state index is 10.4. The maximum Gasteiger partial charge on any atom is 0.313 e. The zero-order valence-corrected chi connectivity index (χ0v) is 10.1. The Morgan fingerprint density at radius 1 is 1.62 bits per heavy atom. The van der Waals surface area contributed by atoms with Crippen molar-refractivity contribution in [1.29, 1.82) is 0 Å². The van der Waals surface area contributed by atoms with E-state index in [0.29, 0.717) is 0 Å². The average molecular weight is 255 g/mol. The van der Waals surface area contributed by atoms with Crippen LogP contribution in [0, 0.1) is 0 Å². The molecule has 84 valence electrons. The Morgan fingerprint density at radius 2 is 2.44 bits per heavy atom. The number of carbonyl (C=O) groups is 1. The highest BCUT2D eigenvalue weighted by atomic mass is 32.2. The van der Waals surface area contributed by atoms with Crippen LogP contribution in [0.2, 0.25) is 0 Å². The zero-order valence-electron chi connectivity index (χ0n) is 8.47. The largest absolute Gasteiger partial charge is 0.495 e. The quantitative estimate of drug-likeness (QED) is 0.850. The minimum atomic E-state index is -0.837. The smallest absolute Gasteiger partial charge is 0.313 e. The highest BCUT2D eigenvalue weighted by molar-refractivity contribution is 8.01. The third-order valence-electron chi connectivity index (χ3n) is 1.90. The van der Waals surface area contributed by atoms with E-state index < -0.39 is 5.97 Å². The van der Waals surface area contributed by atoms with Gasteiger partial charge in [0, 0.05) is 0 Å². The molecular formula is C10H9NO3S2. The molecule has 1 heterocycles. The summed E-state index contributed by atoms with van der Waals surface area (Å²) in [6, 6.07) is 5.62. The monoisotopic (exact) mass is 255 g/mol. The van der Waals surface area contributed by atoms with Crippen molar-refractivity contribution in [3.8, 4) is 5.75 Å². The number of nitrogens with zero attached hydrogens (tertiary/aromatic N) is 1. The average Bonchev–Trinajstić information content (AvgIpc) is 2.68. The van der Waals surface area contributed by atoms with Gasteiger partial charge in [0.15, 0.2) is 4.34 Å². The molecular weight excluding hydrogens is 246 g/mol. The lowest BCUT2D eigenvalue weighted by Crippen LogP contribution is -1.96. The first-order chi connectivity index (χ1) is 7.70. The number of aromatic nitrogens is 1. The Bertz CT molecular complexity index is 524. The maximum absolute atomic E-state index is 10.4. The lowest BCUT2D eigenvalue weighted by Gasteiger charge is -1.97. The number of benzene rings is 1. The molecule has 16 heavy (non-hydrogen) atoms. The molecule has 4 nitrogen and oxygen atoms in total. The van der Waals surface area contributed by atoms with Crippen molar-refractivity contribution in [3.63, 3.8) is 0 Å². The summed E-state index contributed by atoms with van der Waals surface area (Å²) in [5, 5.41) is 8.58. The number of carboxylic acids is 1. The SMILES string of the molecule is COc1cccc2nc(SCC(=O)O)sc12. The summed E-state index contributed by atoms with van der Waals surface area (Å²) in [6.07, 6.45) is 0. The summed E-state index contributed by atoms with van der Waals surface area (Å²) in [7, 11) is 1.61. The van der Waals surface area contributed by atoms with E-state index >= 15 is 0 Å². The first kappa shape index (κ1) is 11.2. The summed E-state index contributed by atoms with van der Waals surface area (Å²) < 4.78 is 6.92.